The Balaban J connectivity index is 1.52. The molecule has 2 saturated heterocycles. The van der Waals surface area contributed by atoms with Crippen molar-refractivity contribution in [2.75, 3.05) is 46.0 Å². The first-order chi connectivity index (χ1) is 15.5. The molecular formula is C25H29ClN2O4. The molecule has 2 aliphatic rings. The summed E-state index contributed by atoms with van der Waals surface area (Å²) in [6.07, 6.45) is 2.01. The first-order valence-corrected chi connectivity index (χ1v) is 11.5. The maximum atomic E-state index is 13.2. The van der Waals surface area contributed by atoms with Crippen molar-refractivity contribution >= 4 is 23.4 Å². The zero-order valence-corrected chi connectivity index (χ0v) is 18.9. The van der Waals surface area contributed by atoms with Gasteiger partial charge in [0.05, 0.1) is 19.8 Å². The Labute approximate surface area is 194 Å². The van der Waals surface area contributed by atoms with Crippen LogP contribution < -0.4 is 4.74 Å². The van der Waals surface area contributed by atoms with Gasteiger partial charge in [-0.25, -0.2) is 0 Å². The molecule has 7 heteroatoms. The first kappa shape index (κ1) is 22.6. The van der Waals surface area contributed by atoms with E-state index in [1.54, 1.807) is 24.3 Å². The second-order valence-electron chi connectivity index (χ2n) is 8.61. The third kappa shape index (κ3) is 5.61. The average Bonchev–Trinajstić information content (AvgIpc) is 2.84. The molecule has 2 amide bonds. The largest absolute Gasteiger partial charge is 0.493 e. The van der Waals surface area contributed by atoms with Crippen LogP contribution in [0.15, 0.2) is 54.6 Å². The molecule has 0 saturated carbocycles. The van der Waals surface area contributed by atoms with Gasteiger partial charge in [0.2, 0.25) is 5.91 Å². The molecule has 2 heterocycles. The van der Waals surface area contributed by atoms with Crippen molar-refractivity contribution < 1.29 is 19.1 Å². The molecule has 2 aromatic rings. The molecule has 6 nitrogen and oxygen atoms in total. The summed E-state index contributed by atoms with van der Waals surface area (Å²) in [6, 6.07) is 16.6. The third-order valence-corrected chi connectivity index (χ3v) is 6.47. The SMILES string of the molecule is O=C(CC1(COc2ccccc2)CCCN(C(=O)c2ccc(Cl)cc2)C1)N1CCOCC1. The Kier molecular flexibility index (Phi) is 7.33. The highest BCUT2D eigenvalue weighted by molar-refractivity contribution is 6.30. The van der Waals surface area contributed by atoms with Crippen LogP contribution in [0.1, 0.15) is 29.6 Å². The number of nitrogens with zero attached hydrogens (tertiary/aromatic N) is 2. The first-order valence-electron chi connectivity index (χ1n) is 11.1. The summed E-state index contributed by atoms with van der Waals surface area (Å²) in [4.78, 5) is 30.1. The zero-order valence-electron chi connectivity index (χ0n) is 18.2. The van der Waals surface area contributed by atoms with Gasteiger partial charge in [-0.15, -0.1) is 0 Å². The molecular weight excluding hydrogens is 428 g/mol. The number of benzene rings is 2. The van der Waals surface area contributed by atoms with E-state index in [4.69, 9.17) is 21.1 Å². The van der Waals surface area contributed by atoms with Gasteiger partial charge >= 0.3 is 0 Å². The molecule has 170 valence electrons. The molecule has 4 rings (SSSR count). The summed E-state index contributed by atoms with van der Waals surface area (Å²) < 4.78 is 11.5. The van der Waals surface area contributed by atoms with Crippen molar-refractivity contribution in [2.24, 2.45) is 5.41 Å². The van der Waals surface area contributed by atoms with Crippen molar-refractivity contribution in [3.8, 4) is 5.75 Å². The fraction of sp³-hybridized carbons (Fsp3) is 0.440. The van der Waals surface area contributed by atoms with Gasteiger partial charge in [0.1, 0.15) is 5.75 Å². The van der Waals surface area contributed by atoms with E-state index in [2.05, 4.69) is 0 Å². The maximum Gasteiger partial charge on any atom is 0.253 e. The summed E-state index contributed by atoms with van der Waals surface area (Å²) >= 11 is 5.99. The number of amides is 2. The van der Waals surface area contributed by atoms with Gasteiger partial charge in [0.15, 0.2) is 0 Å². The van der Waals surface area contributed by atoms with Crippen LogP contribution in [0.25, 0.3) is 0 Å². The van der Waals surface area contributed by atoms with Crippen molar-refractivity contribution in [1.29, 1.82) is 0 Å². The lowest BCUT2D eigenvalue weighted by Gasteiger charge is -2.43. The Hall–Kier alpha value is -2.57. The van der Waals surface area contributed by atoms with E-state index in [9.17, 15) is 9.59 Å². The quantitative estimate of drug-likeness (QED) is 0.661. The van der Waals surface area contributed by atoms with E-state index in [0.29, 0.717) is 63.0 Å². The van der Waals surface area contributed by atoms with Crippen molar-refractivity contribution in [2.45, 2.75) is 19.3 Å². The molecule has 1 atom stereocenters. The number of morpholine rings is 1. The summed E-state index contributed by atoms with van der Waals surface area (Å²) in [7, 11) is 0. The number of carbonyl (C=O) groups is 2. The van der Waals surface area contributed by atoms with Crippen molar-refractivity contribution in [3.05, 3.63) is 65.2 Å². The van der Waals surface area contributed by atoms with E-state index < -0.39 is 5.41 Å². The maximum absolute atomic E-state index is 13.2. The zero-order chi connectivity index (χ0) is 22.4. The van der Waals surface area contributed by atoms with Crippen molar-refractivity contribution in [3.63, 3.8) is 0 Å². The Morgan fingerprint density at radius 3 is 2.41 bits per heavy atom. The molecule has 1 unspecified atom stereocenters. The van der Waals surface area contributed by atoms with Gasteiger partial charge < -0.3 is 19.3 Å². The van der Waals surface area contributed by atoms with Crippen LogP contribution in [0, 0.1) is 5.41 Å². The Morgan fingerprint density at radius 1 is 0.969 bits per heavy atom. The fourth-order valence-electron chi connectivity index (χ4n) is 4.47. The number of para-hydroxylation sites is 1. The van der Waals surface area contributed by atoms with Crippen LogP contribution in [-0.4, -0.2) is 67.6 Å². The topological polar surface area (TPSA) is 59.1 Å². The van der Waals surface area contributed by atoms with Crippen molar-refractivity contribution in [1.82, 2.24) is 9.80 Å². The number of hydrogen-bond acceptors (Lipinski definition) is 4. The van der Waals surface area contributed by atoms with Crippen LogP contribution in [0.3, 0.4) is 0 Å². The molecule has 0 spiro atoms. The van der Waals surface area contributed by atoms with E-state index in [1.807, 2.05) is 40.1 Å². The van der Waals surface area contributed by atoms with Gasteiger partial charge in [0.25, 0.3) is 5.91 Å². The monoisotopic (exact) mass is 456 g/mol. The number of halogens is 1. The van der Waals surface area contributed by atoms with Gasteiger partial charge in [-0.2, -0.15) is 0 Å². The van der Waals surface area contributed by atoms with Gasteiger partial charge in [-0.1, -0.05) is 29.8 Å². The second-order valence-corrected chi connectivity index (χ2v) is 9.05. The number of carbonyl (C=O) groups excluding carboxylic acids is 2. The van der Waals surface area contributed by atoms with E-state index >= 15 is 0 Å². The molecule has 2 aromatic carbocycles. The van der Waals surface area contributed by atoms with E-state index in [0.717, 1.165) is 18.6 Å². The minimum atomic E-state index is -0.439. The molecule has 0 N–H and O–H groups in total. The normalized spacial score (nSPS) is 21.3. The Morgan fingerprint density at radius 2 is 1.69 bits per heavy atom. The van der Waals surface area contributed by atoms with Gasteiger partial charge in [-0.05, 0) is 49.2 Å². The highest BCUT2D eigenvalue weighted by Crippen LogP contribution is 2.36. The minimum Gasteiger partial charge on any atom is -0.493 e. The number of ether oxygens (including phenoxy) is 2. The Bertz CT molecular complexity index is 915. The minimum absolute atomic E-state index is 0.0377. The number of piperidine rings is 1. The van der Waals surface area contributed by atoms with E-state index in [-0.39, 0.29) is 11.8 Å². The number of likely N-dealkylation sites (tertiary alicyclic amines) is 1. The van der Waals surface area contributed by atoms with Gasteiger partial charge in [0, 0.05) is 48.6 Å². The van der Waals surface area contributed by atoms with Crippen LogP contribution in [0.4, 0.5) is 0 Å². The molecule has 0 radical (unpaired) electrons. The average molecular weight is 457 g/mol. The number of hydrogen-bond donors (Lipinski definition) is 0. The summed E-state index contributed by atoms with van der Waals surface area (Å²) in [6.45, 7) is 3.90. The standard InChI is InChI=1S/C25H29ClN2O4/c26-21-9-7-20(8-10-21)24(30)28-12-4-11-25(18-28,19-32-22-5-2-1-3-6-22)17-23(29)27-13-15-31-16-14-27/h1-3,5-10H,4,11-19H2. The molecule has 32 heavy (non-hydrogen) atoms. The summed E-state index contributed by atoms with van der Waals surface area (Å²) in [5, 5.41) is 0.599. The van der Waals surface area contributed by atoms with Gasteiger partial charge in [-0.3, -0.25) is 9.59 Å². The summed E-state index contributed by atoms with van der Waals surface area (Å²) in [5.74, 6) is 0.835. The molecule has 0 aromatic heterocycles. The number of rotatable bonds is 6. The lowest BCUT2D eigenvalue weighted by atomic mass is 9.77. The fourth-order valence-corrected chi connectivity index (χ4v) is 4.59. The predicted octanol–water partition coefficient (Wildman–Crippen LogP) is 3.89. The summed E-state index contributed by atoms with van der Waals surface area (Å²) in [5.41, 5.74) is 0.166. The lowest BCUT2D eigenvalue weighted by molar-refractivity contribution is -0.139. The third-order valence-electron chi connectivity index (χ3n) is 6.22. The second kappa shape index (κ2) is 10.4. The van der Waals surface area contributed by atoms with E-state index in [1.165, 1.54) is 0 Å². The molecule has 0 bridgehead atoms. The predicted molar refractivity (Wildman–Crippen MR) is 123 cm³/mol. The lowest BCUT2D eigenvalue weighted by Crippen LogP contribution is -2.52. The van der Waals surface area contributed by atoms with Crippen LogP contribution in [-0.2, 0) is 9.53 Å². The molecule has 2 fully saturated rings. The van der Waals surface area contributed by atoms with Crippen LogP contribution in [0.5, 0.6) is 5.75 Å². The molecule has 2 aliphatic heterocycles. The van der Waals surface area contributed by atoms with Crippen LogP contribution >= 0.6 is 11.6 Å². The van der Waals surface area contributed by atoms with Crippen LogP contribution in [0.2, 0.25) is 5.02 Å². The smallest absolute Gasteiger partial charge is 0.253 e. The molecule has 0 aliphatic carbocycles. The highest BCUT2D eigenvalue weighted by Gasteiger charge is 2.41. The highest BCUT2D eigenvalue weighted by atomic mass is 35.5.